The van der Waals surface area contributed by atoms with Crippen LogP contribution in [-0.4, -0.2) is 20.7 Å². The van der Waals surface area contributed by atoms with Crippen LogP contribution in [0.3, 0.4) is 0 Å². The summed E-state index contributed by atoms with van der Waals surface area (Å²) in [6.07, 6.45) is 6.18. The third-order valence-electron chi connectivity index (χ3n) is 4.25. The monoisotopic (exact) mass is 265 g/mol. The Labute approximate surface area is 115 Å². The summed E-state index contributed by atoms with van der Waals surface area (Å²) in [4.78, 5) is 0. The lowest BCUT2D eigenvalue weighted by molar-refractivity contribution is 0.232. The molecule has 2 unspecified atom stereocenters. The Balaban J connectivity index is 2.04. The minimum Gasteiger partial charge on any atom is -0.494 e. The molecular formula is C16H24FNO. The van der Waals surface area contributed by atoms with Gasteiger partial charge in [-0.2, -0.15) is 0 Å². The average Bonchev–Trinajstić information content (AvgIpc) is 2.41. The molecule has 0 radical (unpaired) electrons. The summed E-state index contributed by atoms with van der Waals surface area (Å²) in [5.41, 5.74) is 1.09. The number of nitrogens with one attached hydrogen (secondary N) is 1. The lowest BCUT2D eigenvalue weighted by Gasteiger charge is -2.31. The minimum absolute atomic E-state index is 0.249. The molecule has 1 aliphatic rings. The predicted octanol–water partition coefficient (Wildman–Crippen LogP) is 3.40. The Morgan fingerprint density at radius 3 is 2.63 bits per heavy atom. The van der Waals surface area contributed by atoms with E-state index in [-0.39, 0.29) is 5.82 Å². The molecule has 0 aromatic heterocycles. The van der Waals surface area contributed by atoms with Crippen LogP contribution in [0.5, 0.6) is 5.75 Å². The van der Waals surface area contributed by atoms with E-state index in [1.165, 1.54) is 32.8 Å². The number of rotatable bonds is 5. The fourth-order valence-corrected chi connectivity index (χ4v) is 3.22. The maximum Gasteiger partial charge on any atom is 0.165 e. The molecule has 0 heterocycles. The summed E-state index contributed by atoms with van der Waals surface area (Å²) < 4.78 is 18.7. The molecule has 1 aromatic rings. The Morgan fingerprint density at radius 1 is 1.26 bits per heavy atom. The molecule has 0 saturated heterocycles. The van der Waals surface area contributed by atoms with E-state index in [0.29, 0.717) is 11.7 Å². The number of benzene rings is 1. The summed E-state index contributed by atoms with van der Waals surface area (Å²) in [5.74, 6) is 1.48. The van der Waals surface area contributed by atoms with Gasteiger partial charge >= 0.3 is 0 Å². The molecule has 2 rings (SSSR count). The molecular weight excluding hydrogens is 241 g/mol. The van der Waals surface area contributed by atoms with Crippen LogP contribution in [0.2, 0.25) is 0 Å². The fraction of sp³-hybridized carbons (Fsp3) is 0.625. The zero-order valence-electron chi connectivity index (χ0n) is 11.9. The number of methoxy groups -OCH3 is 1. The molecule has 0 spiro atoms. The molecule has 19 heavy (non-hydrogen) atoms. The molecule has 1 fully saturated rings. The molecule has 2 nitrogen and oxygen atoms in total. The SMILES string of the molecule is CNCC1CCCCC1Cc1ccc(OC)c(F)c1. The first-order chi connectivity index (χ1) is 9.24. The van der Waals surface area contributed by atoms with E-state index >= 15 is 0 Å². The second-order valence-electron chi connectivity index (χ2n) is 5.54. The molecule has 0 aliphatic heterocycles. The van der Waals surface area contributed by atoms with Gasteiger partial charge in [0.15, 0.2) is 11.6 Å². The van der Waals surface area contributed by atoms with E-state index in [9.17, 15) is 4.39 Å². The molecule has 1 saturated carbocycles. The molecule has 106 valence electrons. The van der Waals surface area contributed by atoms with Crippen molar-refractivity contribution in [1.29, 1.82) is 0 Å². The fourth-order valence-electron chi connectivity index (χ4n) is 3.22. The highest BCUT2D eigenvalue weighted by Gasteiger charge is 2.24. The van der Waals surface area contributed by atoms with Crippen LogP contribution >= 0.6 is 0 Å². The number of halogens is 1. The van der Waals surface area contributed by atoms with Crippen LogP contribution in [0.4, 0.5) is 4.39 Å². The van der Waals surface area contributed by atoms with E-state index in [2.05, 4.69) is 5.32 Å². The van der Waals surface area contributed by atoms with Crippen LogP contribution in [-0.2, 0) is 6.42 Å². The van der Waals surface area contributed by atoms with E-state index in [0.717, 1.165) is 24.4 Å². The highest BCUT2D eigenvalue weighted by Crippen LogP contribution is 2.32. The third-order valence-corrected chi connectivity index (χ3v) is 4.25. The van der Waals surface area contributed by atoms with Crippen molar-refractivity contribution < 1.29 is 9.13 Å². The van der Waals surface area contributed by atoms with Crippen molar-refractivity contribution >= 4 is 0 Å². The lowest BCUT2D eigenvalue weighted by atomic mass is 9.76. The Hall–Kier alpha value is -1.09. The van der Waals surface area contributed by atoms with Crippen molar-refractivity contribution in [3.63, 3.8) is 0 Å². The van der Waals surface area contributed by atoms with Gasteiger partial charge in [0.25, 0.3) is 0 Å². The van der Waals surface area contributed by atoms with Crippen molar-refractivity contribution in [1.82, 2.24) is 5.32 Å². The van der Waals surface area contributed by atoms with Crippen molar-refractivity contribution in [3.05, 3.63) is 29.6 Å². The highest BCUT2D eigenvalue weighted by atomic mass is 19.1. The van der Waals surface area contributed by atoms with Crippen molar-refractivity contribution in [2.45, 2.75) is 32.1 Å². The summed E-state index contributed by atoms with van der Waals surface area (Å²) in [6, 6.07) is 5.36. The van der Waals surface area contributed by atoms with E-state index in [1.807, 2.05) is 13.1 Å². The maximum absolute atomic E-state index is 13.7. The van der Waals surface area contributed by atoms with Gasteiger partial charge in [-0.1, -0.05) is 18.9 Å². The zero-order valence-corrected chi connectivity index (χ0v) is 11.9. The van der Waals surface area contributed by atoms with Gasteiger partial charge in [-0.15, -0.1) is 0 Å². The number of hydrogen-bond donors (Lipinski definition) is 1. The van der Waals surface area contributed by atoms with Crippen molar-refractivity contribution in [3.8, 4) is 5.75 Å². The molecule has 1 aromatic carbocycles. The Bertz CT molecular complexity index is 406. The molecule has 3 heteroatoms. The highest BCUT2D eigenvalue weighted by molar-refractivity contribution is 5.29. The predicted molar refractivity (Wildman–Crippen MR) is 76.0 cm³/mol. The topological polar surface area (TPSA) is 21.3 Å². The van der Waals surface area contributed by atoms with Gasteiger partial charge in [0, 0.05) is 0 Å². The van der Waals surface area contributed by atoms with E-state index in [4.69, 9.17) is 4.74 Å². The minimum atomic E-state index is -0.249. The van der Waals surface area contributed by atoms with Crippen LogP contribution in [0, 0.1) is 17.7 Å². The summed E-state index contributed by atoms with van der Waals surface area (Å²) in [6.45, 7) is 1.07. The Morgan fingerprint density at radius 2 is 2.00 bits per heavy atom. The van der Waals surface area contributed by atoms with E-state index < -0.39 is 0 Å². The maximum atomic E-state index is 13.7. The molecule has 2 atom stereocenters. The van der Waals surface area contributed by atoms with Gasteiger partial charge in [0.05, 0.1) is 7.11 Å². The van der Waals surface area contributed by atoms with Crippen LogP contribution in [0.15, 0.2) is 18.2 Å². The lowest BCUT2D eigenvalue weighted by Crippen LogP contribution is -2.30. The van der Waals surface area contributed by atoms with Crippen molar-refractivity contribution in [2.75, 3.05) is 20.7 Å². The number of ether oxygens (including phenoxy) is 1. The molecule has 0 bridgehead atoms. The summed E-state index contributed by atoms with van der Waals surface area (Å²) in [7, 11) is 3.51. The standard InChI is InChI=1S/C16H24FNO/c1-18-11-14-6-4-3-5-13(14)9-12-7-8-16(19-2)15(17)10-12/h7-8,10,13-14,18H,3-6,9,11H2,1-2H3. The number of hydrogen-bond acceptors (Lipinski definition) is 2. The van der Waals surface area contributed by atoms with Gasteiger partial charge in [0.1, 0.15) is 0 Å². The van der Waals surface area contributed by atoms with Gasteiger partial charge in [-0.05, 0) is 62.4 Å². The quantitative estimate of drug-likeness (QED) is 0.881. The smallest absolute Gasteiger partial charge is 0.165 e. The van der Waals surface area contributed by atoms with Crippen LogP contribution in [0.25, 0.3) is 0 Å². The molecule has 1 N–H and O–H groups in total. The third kappa shape index (κ3) is 3.69. The van der Waals surface area contributed by atoms with Gasteiger partial charge < -0.3 is 10.1 Å². The Kier molecular flexibility index (Phi) is 5.20. The first kappa shape index (κ1) is 14.3. The first-order valence-corrected chi connectivity index (χ1v) is 7.21. The normalized spacial score (nSPS) is 23.3. The first-order valence-electron chi connectivity index (χ1n) is 7.21. The largest absolute Gasteiger partial charge is 0.494 e. The van der Waals surface area contributed by atoms with Crippen LogP contribution in [0.1, 0.15) is 31.2 Å². The second kappa shape index (κ2) is 6.90. The summed E-state index contributed by atoms with van der Waals surface area (Å²) in [5, 5.41) is 3.29. The van der Waals surface area contributed by atoms with Crippen LogP contribution < -0.4 is 10.1 Å². The zero-order chi connectivity index (χ0) is 13.7. The molecule has 0 amide bonds. The van der Waals surface area contributed by atoms with E-state index in [1.54, 1.807) is 12.1 Å². The van der Waals surface area contributed by atoms with Gasteiger partial charge in [0.2, 0.25) is 0 Å². The summed E-state index contributed by atoms with van der Waals surface area (Å²) >= 11 is 0. The van der Waals surface area contributed by atoms with Gasteiger partial charge in [-0.3, -0.25) is 0 Å². The second-order valence-corrected chi connectivity index (χ2v) is 5.54. The van der Waals surface area contributed by atoms with Gasteiger partial charge in [-0.25, -0.2) is 4.39 Å². The van der Waals surface area contributed by atoms with Crippen molar-refractivity contribution in [2.24, 2.45) is 11.8 Å². The average molecular weight is 265 g/mol. The molecule has 1 aliphatic carbocycles.